The molecule has 0 spiro atoms. The van der Waals surface area contributed by atoms with E-state index in [2.05, 4.69) is 10.6 Å². The van der Waals surface area contributed by atoms with E-state index in [-0.39, 0.29) is 24.0 Å². The van der Waals surface area contributed by atoms with E-state index in [0.29, 0.717) is 17.7 Å². The molecule has 1 fully saturated rings. The van der Waals surface area contributed by atoms with Crippen molar-refractivity contribution in [2.75, 3.05) is 23.4 Å². The van der Waals surface area contributed by atoms with Crippen molar-refractivity contribution >= 4 is 27.3 Å². The molecule has 2 amide bonds. The number of hydrogen-bond acceptors (Lipinski definition) is 5. The van der Waals surface area contributed by atoms with Gasteiger partial charge in [-0.1, -0.05) is 12.1 Å². The second kappa shape index (κ2) is 5.96. The number of para-hydroxylation sites is 1. The van der Waals surface area contributed by atoms with Crippen LogP contribution in [0.1, 0.15) is 23.7 Å². The maximum atomic E-state index is 12.0. The zero-order valence-electron chi connectivity index (χ0n) is 12.3. The Balaban J connectivity index is 1.96. The normalized spacial score (nSPS) is 23.0. The molecule has 1 unspecified atom stereocenters. The number of nitrogens with two attached hydrogens (primary N) is 1. The summed E-state index contributed by atoms with van der Waals surface area (Å²) in [5, 5.41) is 5.58. The zero-order valence-corrected chi connectivity index (χ0v) is 13.1. The Morgan fingerprint density at radius 3 is 2.59 bits per heavy atom. The number of benzene rings is 1. The predicted molar refractivity (Wildman–Crippen MR) is 83.3 cm³/mol. The summed E-state index contributed by atoms with van der Waals surface area (Å²) in [6.45, 7) is 1.65. The predicted octanol–water partition coefficient (Wildman–Crippen LogP) is -0.109. The van der Waals surface area contributed by atoms with E-state index in [0.717, 1.165) is 0 Å². The summed E-state index contributed by atoms with van der Waals surface area (Å²) in [4.78, 5) is 23.3. The topological polar surface area (TPSA) is 118 Å². The SMILES string of the molecule is CC1(NC(=O)CNc2ccccc2C(N)=O)CCS(=O)(=O)C1. The lowest BCUT2D eigenvalue weighted by atomic mass is 10.0. The van der Waals surface area contributed by atoms with E-state index in [4.69, 9.17) is 5.73 Å². The third-order valence-electron chi connectivity index (χ3n) is 3.58. The van der Waals surface area contributed by atoms with E-state index in [9.17, 15) is 18.0 Å². The van der Waals surface area contributed by atoms with Crippen LogP contribution in [0.25, 0.3) is 0 Å². The van der Waals surface area contributed by atoms with Crippen LogP contribution >= 0.6 is 0 Å². The van der Waals surface area contributed by atoms with Crippen molar-refractivity contribution < 1.29 is 18.0 Å². The summed E-state index contributed by atoms with van der Waals surface area (Å²) in [6, 6.07) is 6.61. The number of carbonyl (C=O) groups excluding carboxylic acids is 2. The van der Waals surface area contributed by atoms with Crippen LogP contribution in [0, 0.1) is 0 Å². The molecule has 0 radical (unpaired) electrons. The molecule has 1 aliphatic heterocycles. The summed E-state index contributed by atoms with van der Waals surface area (Å²) in [5.41, 5.74) is 5.29. The van der Waals surface area contributed by atoms with E-state index in [1.807, 2.05) is 0 Å². The quantitative estimate of drug-likeness (QED) is 0.698. The number of sulfone groups is 1. The number of amides is 2. The standard InChI is InChI=1S/C14H19N3O4S/c1-14(6-7-22(20,21)9-14)17-12(18)8-16-11-5-3-2-4-10(11)13(15)19/h2-5,16H,6-9H2,1H3,(H2,15,19)(H,17,18). The molecular formula is C14H19N3O4S. The Morgan fingerprint density at radius 2 is 2.00 bits per heavy atom. The molecule has 120 valence electrons. The molecule has 0 bridgehead atoms. The van der Waals surface area contributed by atoms with Crippen LogP contribution in [0.5, 0.6) is 0 Å². The van der Waals surface area contributed by atoms with Gasteiger partial charge in [-0.15, -0.1) is 0 Å². The van der Waals surface area contributed by atoms with Crippen LogP contribution in [0.4, 0.5) is 5.69 Å². The third-order valence-corrected chi connectivity index (χ3v) is 5.48. The molecule has 2 rings (SSSR count). The van der Waals surface area contributed by atoms with Crippen LogP contribution in [-0.2, 0) is 14.6 Å². The van der Waals surface area contributed by atoms with Crippen LogP contribution in [-0.4, -0.2) is 43.8 Å². The maximum Gasteiger partial charge on any atom is 0.250 e. The first-order valence-corrected chi connectivity index (χ1v) is 8.67. The third kappa shape index (κ3) is 3.97. The van der Waals surface area contributed by atoms with Gasteiger partial charge in [0.1, 0.15) is 0 Å². The van der Waals surface area contributed by atoms with Crippen molar-refractivity contribution in [1.82, 2.24) is 5.32 Å². The van der Waals surface area contributed by atoms with Crippen molar-refractivity contribution in [2.45, 2.75) is 18.9 Å². The summed E-state index contributed by atoms with van der Waals surface area (Å²) in [5.74, 6) is -0.887. The van der Waals surface area contributed by atoms with Crippen LogP contribution in [0.2, 0.25) is 0 Å². The number of nitrogens with one attached hydrogen (secondary N) is 2. The molecule has 4 N–H and O–H groups in total. The number of carbonyl (C=O) groups is 2. The molecule has 1 aliphatic rings. The molecule has 1 aromatic rings. The molecular weight excluding hydrogens is 306 g/mol. The number of anilines is 1. The first kappa shape index (κ1) is 16.3. The Morgan fingerprint density at radius 1 is 1.32 bits per heavy atom. The van der Waals surface area contributed by atoms with Gasteiger partial charge < -0.3 is 16.4 Å². The fourth-order valence-corrected chi connectivity index (χ4v) is 4.61. The highest BCUT2D eigenvalue weighted by molar-refractivity contribution is 7.91. The summed E-state index contributed by atoms with van der Waals surface area (Å²) in [7, 11) is -3.08. The minimum Gasteiger partial charge on any atom is -0.376 e. The van der Waals surface area contributed by atoms with E-state index >= 15 is 0 Å². The molecule has 0 aliphatic carbocycles. The monoisotopic (exact) mass is 325 g/mol. The first-order valence-electron chi connectivity index (χ1n) is 6.85. The molecule has 22 heavy (non-hydrogen) atoms. The second-order valence-electron chi connectivity index (χ2n) is 5.71. The lowest BCUT2D eigenvalue weighted by Gasteiger charge is -2.24. The number of rotatable bonds is 5. The van der Waals surface area contributed by atoms with Crippen molar-refractivity contribution in [3.05, 3.63) is 29.8 Å². The lowest BCUT2D eigenvalue weighted by molar-refractivity contribution is -0.120. The molecule has 8 heteroatoms. The zero-order chi connectivity index (χ0) is 16.4. The average molecular weight is 325 g/mol. The van der Waals surface area contributed by atoms with E-state index < -0.39 is 21.3 Å². The van der Waals surface area contributed by atoms with Crippen molar-refractivity contribution in [1.29, 1.82) is 0 Å². The largest absolute Gasteiger partial charge is 0.376 e. The smallest absolute Gasteiger partial charge is 0.250 e. The first-order chi connectivity index (χ1) is 10.2. The van der Waals surface area contributed by atoms with Crippen molar-refractivity contribution in [3.8, 4) is 0 Å². The Bertz CT molecular complexity index is 702. The Kier molecular flexibility index (Phi) is 4.41. The van der Waals surface area contributed by atoms with Gasteiger partial charge in [-0.05, 0) is 25.5 Å². The Labute approximate surface area is 129 Å². The van der Waals surface area contributed by atoms with Crippen LogP contribution in [0.15, 0.2) is 24.3 Å². The Hall–Kier alpha value is -2.09. The van der Waals surface area contributed by atoms with Gasteiger partial charge in [0, 0.05) is 5.69 Å². The van der Waals surface area contributed by atoms with Gasteiger partial charge in [0.15, 0.2) is 9.84 Å². The fourth-order valence-electron chi connectivity index (χ4n) is 2.52. The van der Waals surface area contributed by atoms with Gasteiger partial charge in [-0.3, -0.25) is 9.59 Å². The lowest BCUT2D eigenvalue weighted by Crippen LogP contribution is -2.48. The average Bonchev–Trinajstić information content (AvgIpc) is 2.70. The maximum absolute atomic E-state index is 12.0. The second-order valence-corrected chi connectivity index (χ2v) is 7.90. The van der Waals surface area contributed by atoms with Crippen molar-refractivity contribution in [3.63, 3.8) is 0 Å². The highest BCUT2D eigenvalue weighted by Gasteiger charge is 2.39. The minimum atomic E-state index is -3.08. The molecule has 0 saturated carbocycles. The molecule has 1 atom stereocenters. The molecule has 1 aromatic carbocycles. The summed E-state index contributed by atoms with van der Waals surface area (Å²) >= 11 is 0. The summed E-state index contributed by atoms with van der Waals surface area (Å²) in [6.07, 6.45) is 0.402. The van der Waals surface area contributed by atoms with Crippen LogP contribution in [0.3, 0.4) is 0 Å². The highest BCUT2D eigenvalue weighted by Crippen LogP contribution is 2.22. The highest BCUT2D eigenvalue weighted by atomic mass is 32.2. The number of hydrogen-bond donors (Lipinski definition) is 3. The van der Waals surface area contributed by atoms with Gasteiger partial charge >= 0.3 is 0 Å². The van der Waals surface area contributed by atoms with Gasteiger partial charge in [0.25, 0.3) is 5.91 Å². The molecule has 0 aromatic heterocycles. The van der Waals surface area contributed by atoms with Gasteiger partial charge in [0.2, 0.25) is 5.91 Å². The van der Waals surface area contributed by atoms with E-state index in [1.165, 1.54) is 0 Å². The van der Waals surface area contributed by atoms with Gasteiger partial charge in [-0.2, -0.15) is 0 Å². The number of primary amides is 1. The van der Waals surface area contributed by atoms with Crippen molar-refractivity contribution in [2.24, 2.45) is 5.73 Å². The van der Waals surface area contributed by atoms with E-state index in [1.54, 1.807) is 31.2 Å². The fraction of sp³-hybridized carbons (Fsp3) is 0.429. The van der Waals surface area contributed by atoms with Crippen LogP contribution < -0.4 is 16.4 Å². The summed E-state index contributed by atoms with van der Waals surface area (Å²) < 4.78 is 23.0. The molecule has 7 nitrogen and oxygen atoms in total. The minimum absolute atomic E-state index is 0.0520. The van der Waals surface area contributed by atoms with Gasteiger partial charge in [-0.25, -0.2) is 8.42 Å². The molecule has 1 heterocycles. The van der Waals surface area contributed by atoms with Gasteiger partial charge in [0.05, 0.1) is 29.2 Å². The molecule has 1 saturated heterocycles.